The number of anilines is 2. The normalized spacial score (nSPS) is 14.0. The van der Waals surface area contributed by atoms with Crippen LogP contribution in [-0.2, 0) is 17.9 Å². The van der Waals surface area contributed by atoms with Crippen molar-refractivity contribution in [3.63, 3.8) is 0 Å². The van der Waals surface area contributed by atoms with Gasteiger partial charge in [0.2, 0.25) is 0 Å². The van der Waals surface area contributed by atoms with Gasteiger partial charge in [0.05, 0.1) is 6.61 Å². The smallest absolute Gasteiger partial charge is 0.319 e. The van der Waals surface area contributed by atoms with Crippen LogP contribution in [-0.4, -0.2) is 25.7 Å². The number of carbonyl (C=O) groups excluding carboxylic acids is 1. The first kappa shape index (κ1) is 19.2. The van der Waals surface area contributed by atoms with Gasteiger partial charge in [-0.1, -0.05) is 30.3 Å². The fraction of sp³-hybridized carbons (Fsp3) is 0.409. The number of urea groups is 1. The number of benzene rings is 2. The summed E-state index contributed by atoms with van der Waals surface area (Å²) >= 11 is 0. The SMILES string of the molecule is CCOCc1ccc(CNC(=O)Nc2cccc(N3CCCCC3)c2)cc1. The van der Waals surface area contributed by atoms with E-state index in [0.717, 1.165) is 29.9 Å². The van der Waals surface area contributed by atoms with Crippen LogP contribution in [0.25, 0.3) is 0 Å². The maximum atomic E-state index is 12.2. The summed E-state index contributed by atoms with van der Waals surface area (Å²) in [6.45, 7) is 6.00. The second-order valence-corrected chi connectivity index (χ2v) is 6.86. The van der Waals surface area contributed by atoms with Gasteiger partial charge in [0.15, 0.2) is 0 Å². The van der Waals surface area contributed by atoms with Gasteiger partial charge in [-0.2, -0.15) is 0 Å². The van der Waals surface area contributed by atoms with Crippen LogP contribution in [0.2, 0.25) is 0 Å². The van der Waals surface area contributed by atoms with Crippen LogP contribution in [0.3, 0.4) is 0 Å². The van der Waals surface area contributed by atoms with Crippen molar-refractivity contribution in [1.29, 1.82) is 0 Å². The highest BCUT2D eigenvalue weighted by Gasteiger charge is 2.11. The average molecular weight is 367 g/mol. The molecule has 2 aromatic rings. The van der Waals surface area contributed by atoms with E-state index in [0.29, 0.717) is 19.8 Å². The van der Waals surface area contributed by atoms with Crippen molar-refractivity contribution in [1.82, 2.24) is 5.32 Å². The van der Waals surface area contributed by atoms with Crippen molar-refractivity contribution in [2.45, 2.75) is 39.3 Å². The Hall–Kier alpha value is -2.53. The molecule has 0 radical (unpaired) electrons. The number of carbonyl (C=O) groups is 1. The van der Waals surface area contributed by atoms with Crippen molar-refractivity contribution >= 4 is 17.4 Å². The van der Waals surface area contributed by atoms with E-state index in [-0.39, 0.29) is 6.03 Å². The molecule has 0 aromatic heterocycles. The Morgan fingerprint density at radius 2 is 1.78 bits per heavy atom. The summed E-state index contributed by atoms with van der Waals surface area (Å²) in [6, 6.07) is 16.0. The molecular formula is C22H29N3O2. The highest BCUT2D eigenvalue weighted by atomic mass is 16.5. The Morgan fingerprint density at radius 3 is 2.52 bits per heavy atom. The lowest BCUT2D eigenvalue weighted by molar-refractivity contribution is 0.134. The highest BCUT2D eigenvalue weighted by molar-refractivity contribution is 5.89. The van der Waals surface area contributed by atoms with Gasteiger partial charge >= 0.3 is 6.03 Å². The zero-order valence-electron chi connectivity index (χ0n) is 16.0. The van der Waals surface area contributed by atoms with E-state index in [2.05, 4.69) is 21.6 Å². The maximum absolute atomic E-state index is 12.2. The Bertz CT molecular complexity index is 725. The monoisotopic (exact) mass is 367 g/mol. The number of hydrogen-bond donors (Lipinski definition) is 2. The van der Waals surface area contributed by atoms with Crippen molar-refractivity contribution < 1.29 is 9.53 Å². The minimum atomic E-state index is -0.191. The fourth-order valence-corrected chi connectivity index (χ4v) is 3.26. The minimum Gasteiger partial charge on any atom is -0.377 e. The van der Waals surface area contributed by atoms with E-state index in [4.69, 9.17) is 4.74 Å². The molecule has 5 nitrogen and oxygen atoms in total. The number of nitrogens with one attached hydrogen (secondary N) is 2. The lowest BCUT2D eigenvalue weighted by Gasteiger charge is -2.29. The fourth-order valence-electron chi connectivity index (χ4n) is 3.26. The van der Waals surface area contributed by atoms with Gasteiger partial charge in [0.1, 0.15) is 0 Å². The molecule has 2 amide bonds. The summed E-state index contributed by atoms with van der Waals surface area (Å²) < 4.78 is 5.39. The van der Waals surface area contributed by atoms with Crippen LogP contribution < -0.4 is 15.5 Å². The van der Waals surface area contributed by atoms with Gasteiger partial charge in [0.25, 0.3) is 0 Å². The molecule has 1 aliphatic rings. The Balaban J connectivity index is 1.49. The summed E-state index contributed by atoms with van der Waals surface area (Å²) in [4.78, 5) is 14.6. The molecule has 1 aliphatic heterocycles. The summed E-state index contributed by atoms with van der Waals surface area (Å²) in [7, 11) is 0. The Kier molecular flexibility index (Phi) is 7.11. The molecule has 0 aliphatic carbocycles. The number of hydrogen-bond acceptors (Lipinski definition) is 3. The molecule has 2 aromatic carbocycles. The second-order valence-electron chi connectivity index (χ2n) is 6.86. The third kappa shape index (κ3) is 6.00. The third-order valence-corrected chi connectivity index (χ3v) is 4.77. The van der Waals surface area contributed by atoms with E-state index in [9.17, 15) is 4.79 Å². The summed E-state index contributed by atoms with van der Waals surface area (Å²) in [6.07, 6.45) is 3.78. The van der Waals surface area contributed by atoms with Crippen molar-refractivity contribution in [3.05, 3.63) is 59.7 Å². The molecule has 5 heteroatoms. The standard InChI is InChI=1S/C22H29N3O2/c1-2-27-17-19-11-9-18(10-12-19)16-23-22(26)24-20-7-6-8-21(15-20)25-13-4-3-5-14-25/h6-12,15H,2-5,13-14,16-17H2,1H3,(H2,23,24,26). The zero-order valence-corrected chi connectivity index (χ0v) is 16.0. The van der Waals surface area contributed by atoms with Crippen LogP contribution in [0.15, 0.2) is 48.5 Å². The lowest BCUT2D eigenvalue weighted by Crippen LogP contribution is -2.30. The predicted molar refractivity (Wildman–Crippen MR) is 110 cm³/mol. The molecule has 3 rings (SSSR count). The number of rotatable bonds is 7. The molecule has 144 valence electrons. The second kappa shape index (κ2) is 9.97. The van der Waals surface area contributed by atoms with Crippen molar-refractivity contribution in [2.24, 2.45) is 0 Å². The molecule has 1 saturated heterocycles. The van der Waals surface area contributed by atoms with Crippen molar-refractivity contribution in [2.75, 3.05) is 29.9 Å². The van der Waals surface area contributed by atoms with Crippen molar-refractivity contribution in [3.8, 4) is 0 Å². The van der Waals surface area contributed by atoms with Gasteiger partial charge in [-0.25, -0.2) is 4.79 Å². The first-order valence-corrected chi connectivity index (χ1v) is 9.80. The molecule has 0 saturated carbocycles. The minimum absolute atomic E-state index is 0.191. The lowest BCUT2D eigenvalue weighted by atomic mass is 10.1. The Morgan fingerprint density at radius 1 is 1.04 bits per heavy atom. The van der Waals surface area contributed by atoms with Crippen LogP contribution in [0.1, 0.15) is 37.3 Å². The van der Waals surface area contributed by atoms with E-state index >= 15 is 0 Å². The molecule has 27 heavy (non-hydrogen) atoms. The van der Waals surface area contributed by atoms with Gasteiger partial charge in [0, 0.05) is 37.6 Å². The van der Waals surface area contributed by atoms with Gasteiger partial charge < -0.3 is 20.3 Å². The average Bonchev–Trinajstić information content (AvgIpc) is 2.72. The summed E-state index contributed by atoms with van der Waals surface area (Å²) in [5.41, 5.74) is 4.20. The molecule has 0 atom stereocenters. The number of piperidine rings is 1. The molecular weight excluding hydrogens is 338 g/mol. The summed E-state index contributed by atoms with van der Waals surface area (Å²) in [5, 5.41) is 5.85. The zero-order chi connectivity index (χ0) is 18.9. The molecule has 1 heterocycles. The number of amides is 2. The van der Waals surface area contributed by atoms with Gasteiger partial charge in [-0.15, -0.1) is 0 Å². The quantitative estimate of drug-likeness (QED) is 0.756. The molecule has 1 fully saturated rings. The first-order chi connectivity index (χ1) is 13.2. The molecule has 2 N–H and O–H groups in total. The largest absolute Gasteiger partial charge is 0.377 e. The molecule has 0 spiro atoms. The number of ether oxygens (including phenoxy) is 1. The van der Waals surface area contributed by atoms with Crippen LogP contribution in [0, 0.1) is 0 Å². The van der Waals surface area contributed by atoms with Crippen LogP contribution >= 0.6 is 0 Å². The third-order valence-electron chi connectivity index (χ3n) is 4.77. The topological polar surface area (TPSA) is 53.6 Å². The highest BCUT2D eigenvalue weighted by Crippen LogP contribution is 2.23. The van der Waals surface area contributed by atoms with E-state index < -0.39 is 0 Å². The van der Waals surface area contributed by atoms with Gasteiger partial charge in [-0.05, 0) is 55.5 Å². The number of nitrogens with zero attached hydrogens (tertiary/aromatic N) is 1. The molecule has 0 unspecified atom stereocenters. The van der Waals surface area contributed by atoms with Crippen LogP contribution in [0.4, 0.5) is 16.2 Å². The maximum Gasteiger partial charge on any atom is 0.319 e. The van der Waals surface area contributed by atoms with Gasteiger partial charge in [-0.3, -0.25) is 0 Å². The Labute approximate surface area is 161 Å². The predicted octanol–water partition coefficient (Wildman–Crippen LogP) is 4.54. The molecule has 0 bridgehead atoms. The van der Waals surface area contributed by atoms with E-state index in [1.54, 1.807) is 0 Å². The van der Waals surface area contributed by atoms with E-state index in [1.807, 2.05) is 49.4 Å². The van der Waals surface area contributed by atoms with Crippen LogP contribution in [0.5, 0.6) is 0 Å². The summed E-state index contributed by atoms with van der Waals surface area (Å²) in [5.74, 6) is 0. The first-order valence-electron chi connectivity index (χ1n) is 9.80. The van der Waals surface area contributed by atoms with E-state index in [1.165, 1.54) is 24.9 Å².